The highest BCUT2D eigenvalue weighted by atomic mass is 16.2. The summed E-state index contributed by atoms with van der Waals surface area (Å²) in [6.07, 6.45) is 6.24. The van der Waals surface area contributed by atoms with Crippen LogP contribution < -0.4 is 5.32 Å². The topological polar surface area (TPSA) is 35.6 Å². The molecule has 0 radical (unpaired) electrons. The van der Waals surface area contributed by atoms with Crippen molar-refractivity contribution in [3.05, 3.63) is 0 Å². The SMILES string of the molecule is CC1CCN(C(=O)[C@@H]2C[C@H](N3CCCCC3)CN2)C1. The lowest BCUT2D eigenvalue weighted by Crippen LogP contribution is -2.42. The summed E-state index contributed by atoms with van der Waals surface area (Å²) < 4.78 is 0. The molecule has 4 nitrogen and oxygen atoms in total. The maximum Gasteiger partial charge on any atom is 0.239 e. The predicted molar refractivity (Wildman–Crippen MR) is 76.0 cm³/mol. The fraction of sp³-hybridized carbons (Fsp3) is 0.933. The van der Waals surface area contributed by atoms with Gasteiger partial charge in [-0.05, 0) is 44.7 Å². The van der Waals surface area contributed by atoms with E-state index in [9.17, 15) is 4.79 Å². The Morgan fingerprint density at radius 2 is 1.95 bits per heavy atom. The molecule has 1 amide bonds. The van der Waals surface area contributed by atoms with Crippen molar-refractivity contribution in [1.82, 2.24) is 15.1 Å². The van der Waals surface area contributed by atoms with Crippen LogP contribution in [0.15, 0.2) is 0 Å². The molecule has 19 heavy (non-hydrogen) atoms. The van der Waals surface area contributed by atoms with E-state index < -0.39 is 0 Å². The maximum atomic E-state index is 12.5. The van der Waals surface area contributed by atoms with Crippen molar-refractivity contribution >= 4 is 5.91 Å². The van der Waals surface area contributed by atoms with Crippen molar-refractivity contribution in [2.75, 3.05) is 32.7 Å². The highest BCUT2D eigenvalue weighted by Crippen LogP contribution is 2.22. The van der Waals surface area contributed by atoms with Crippen molar-refractivity contribution in [2.45, 2.75) is 51.1 Å². The third-order valence-corrected chi connectivity index (χ3v) is 5.05. The molecule has 108 valence electrons. The summed E-state index contributed by atoms with van der Waals surface area (Å²) in [6, 6.07) is 0.673. The molecule has 3 fully saturated rings. The smallest absolute Gasteiger partial charge is 0.239 e. The van der Waals surface area contributed by atoms with Gasteiger partial charge in [0.25, 0.3) is 0 Å². The summed E-state index contributed by atoms with van der Waals surface area (Å²) in [5.41, 5.74) is 0. The Labute approximate surface area is 116 Å². The monoisotopic (exact) mass is 265 g/mol. The van der Waals surface area contributed by atoms with Crippen LogP contribution in [0, 0.1) is 5.92 Å². The summed E-state index contributed by atoms with van der Waals surface area (Å²) in [6.45, 7) is 7.63. The van der Waals surface area contributed by atoms with Crippen LogP contribution in [0.5, 0.6) is 0 Å². The van der Waals surface area contributed by atoms with Crippen molar-refractivity contribution < 1.29 is 4.79 Å². The van der Waals surface area contributed by atoms with E-state index in [0.29, 0.717) is 17.9 Å². The summed E-state index contributed by atoms with van der Waals surface area (Å²) in [7, 11) is 0. The van der Waals surface area contributed by atoms with Crippen molar-refractivity contribution in [1.29, 1.82) is 0 Å². The standard InChI is InChI=1S/C15H27N3O/c1-12-5-8-18(11-12)15(19)14-9-13(10-16-14)17-6-3-2-4-7-17/h12-14,16H,2-11H2,1H3/t12?,13-,14-/m0/s1. The lowest BCUT2D eigenvalue weighted by molar-refractivity contribution is -0.132. The molecule has 3 saturated heterocycles. The quantitative estimate of drug-likeness (QED) is 0.811. The van der Waals surface area contributed by atoms with Gasteiger partial charge in [0.2, 0.25) is 5.91 Å². The number of piperidine rings is 1. The van der Waals surface area contributed by atoms with Gasteiger partial charge in [-0.25, -0.2) is 0 Å². The van der Waals surface area contributed by atoms with Crippen molar-refractivity contribution in [3.8, 4) is 0 Å². The summed E-state index contributed by atoms with van der Waals surface area (Å²) >= 11 is 0. The van der Waals surface area contributed by atoms with E-state index in [-0.39, 0.29) is 6.04 Å². The van der Waals surface area contributed by atoms with Crippen LogP contribution in [-0.2, 0) is 4.79 Å². The Morgan fingerprint density at radius 1 is 1.16 bits per heavy atom. The fourth-order valence-corrected chi connectivity index (χ4v) is 3.82. The molecule has 0 aromatic rings. The van der Waals surface area contributed by atoms with E-state index in [4.69, 9.17) is 0 Å². The number of hydrogen-bond donors (Lipinski definition) is 1. The first kappa shape index (κ1) is 13.4. The minimum Gasteiger partial charge on any atom is -0.341 e. The number of likely N-dealkylation sites (tertiary alicyclic amines) is 2. The lowest BCUT2D eigenvalue weighted by Gasteiger charge is -2.31. The molecule has 3 atom stereocenters. The first-order valence-corrected chi connectivity index (χ1v) is 8.00. The molecule has 0 aromatic carbocycles. The van der Waals surface area contributed by atoms with Gasteiger partial charge in [0.15, 0.2) is 0 Å². The minimum absolute atomic E-state index is 0.0808. The van der Waals surface area contributed by atoms with E-state index >= 15 is 0 Å². The molecule has 0 bridgehead atoms. The lowest BCUT2D eigenvalue weighted by atomic mass is 10.1. The molecule has 3 aliphatic rings. The average Bonchev–Trinajstić information content (AvgIpc) is 3.08. The molecule has 0 saturated carbocycles. The first-order valence-electron chi connectivity index (χ1n) is 8.00. The fourth-order valence-electron chi connectivity index (χ4n) is 3.82. The Hall–Kier alpha value is -0.610. The van der Waals surface area contributed by atoms with Crippen LogP contribution in [0.1, 0.15) is 39.0 Å². The van der Waals surface area contributed by atoms with Crippen LogP contribution in [0.3, 0.4) is 0 Å². The molecular weight excluding hydrogens is 238 g/mol. The highest BCUT2D eigenvalue weighted by molar-refractivity contribution is 5.82. The van der Waals surface area contributed by atoms with Gasteiger partial charge in [0, 0.05) is 25.7 Å². The molecule has 0 aromatic heterocycles. The molecule has 0 aliphatic carbocycles. The second-order valence-electron chi connectivity index (χ2n) is 6.63. The maximum absolute atomic E-state index is 12.5. The minimum atomic E-state index is 0.0808. The van der Waals surface area contributed by atoms with E-state index in [0.717, 1.165) is 26.1 Å². The van der Waals surface area contributed by atoms with Crippen LogP contribution in [0.4, 0.5) is 0 Å². The second-order valence-corrected chi connectivity index (χ2v) is 6.63. The molecule has 1 unspecified atom stereocenters. The first-order chi connectivity index (χ1) is 9.24. The van der Waals surface area contributed by atoms with Crippen LogP contribution >= 0.6 is 0 Å². The molecule has 4 heteroatoms. The van der Waals surface area contributed by atoms with Crippen LogP contribution in [0.25, 0.3) is 0 Å². The number of nitrogens with one attached hydrogen (secondary N) is 1. The Kier molecular flexibility index (Phi) is 4.08. The average molecular weight is 265 g/mol. The largest absolute Gasteiger partial charge is 0.341 e. The summed E-state index contributed by atoms with van der Waals surface area (Å²) in [5, 5.41) is 3.46. The van der Waals surface area contributed by atoms with E-state index in [2.05, 4.69) is 22.0 Å². The molecule has 3 rings (SSSR count). The zero-order chi connectivity index (χ0) is 13.2. The number of rotatable bonds is 2. The summed E-state index contributed by atoms with van der Waals surface area (Å²) in [5.74, 6) is 1.03. The number of carbonyl (C=O) groups excluding carboxylic acids is 1. The van der Waals surface area contributed by atoms with E-state index in [1.807, 2.05) is 0 Å². The van der Waals surface area contributed by atoms with E-state index in [1.165, 1.54) is 38.8 Å². The molecular formula is C15H27N3O. The van der Waals surface area contributed by atoms with Gasteiger partial charge in [-0.15, -0.1) is 0 Å². The predicted octanol–water partition coefficient (Wildman–Crippen LogP) is 1.07. The molecule has 0 spiro atoms. The van der Waals surface area contributed by atoms with Gasteiger partial charge in [0.05, 0.1) is 6.04 Å². The Bertz CT molecular complexity index is 327. The molecule has 1 N–H and O–H groups in total. The van der Waals surface area contributed by atoms with Gasteiger partial charge in [0.1, 0.15) is 0 Å². The van der Waals surface area contributed by atoms with Gasteiger partial charge in [-0.1, -0.05) is 13.3 Å². The zero-order valence-corrected chi connectivity index (χ0v) is 12.1. The third-order valence-electron chi connectivity index (χ3n) is 5.05. The van der Waals surface area contributed by atoms with Gasteiger partial charge in [-0.3, -0.25) is 9.69 Å². The van der Waals surface area contributed by atoms with Gasteiger partial charge < -0.3 is 10.2 Å². The molecule has 3 heterocycles. The molecule has 3 aliphatic heterocycles. The van der Waals surface area contributed by atoms with Gasteiger partial charge >= 0.3 is 0 Å². The van der Waals surface area contributed by atoms with Crippen LogP contribution in [0.2, 0.25) is 0 Å². The Balaban J connectivity index is 1.52. The summed E-state index contributed by atoms with van der Waals surface area (Å²) in [4.78, 5) is 17.1. The van der Waals surface area contributed by atoms with Gasteiger partial charge in [-0.2, -0.15) is 0 Å². The normalized spacial score (nSPS) is 36.9. The number of carbonyl (C=O) groups is 1. The zero-order valence-electron chi connectivity index (χ0n) is 12.1. The van der Waals surface area contributed by atoms with Crippen molar-refractivity contribution in [2.24, 2.45) is 5.92 Å². The number of nitrogens with zero attached hydrogens (tertiary/aromatic N) is 2. The Morgan fingerprint density at radius 3 is 2.63 bits per heavy atom. The highest BCUT2D eigenvalue weighted by Gasteiger charge is 2.36. The van der Waals surface area contributed by atoms with Crippen molar-refractivity contribution in [3.63, 3.8) is 0 Å². The van der Waals surface area contributed by atoms with E-state index in [1.54, 1.807) is 0 Å². The van der Waals surface area contributed by atoms with Crippen LogP contribution in [-0.4, -0.2) is 60.5 Å². The number of amides is 1. The third kappa shape index (κ3) is 2.95. The number of hydrogen-bond acceptors (Lipinski definition) is 3. The second kappa shape index (κ2) is 5.80.